The van der Waals surface area contributed by atoms with Crippen LogP contribution < -0.4 is 5.32 Å². The standard InChI is InChI=1S/C20H41N/c1-6-9-10-17(8-3)16-19(21-15-7-2)18-11-13-20(4,5)14-12-18/h17-19,21H,6-16H2,1-5H3. The summed E-state index contributed by atoms with van der Waals surface area (Å²) in [6.07, 6.45) is 14.0. The second kappa shape index (κ2) is 9.87. The lowest BCUT2D eigenvalue weighted by Crippen LogP contribution is -2.41. The van der Waals surface area contributed by atoms with E-state index in [0.29, 0.717) is 5.41 Å². The van der Waals surface area contributed by atoms with Gasteiger partial charge in [0.25, 0.3) is 0 Å². The molecule has 0 heterocycles. The molecule has 1 aliphatic carbocycles. The maximum Gasteiger partial charge on any atom is 0.00979 e. The molecule has 0 spiro atoms. The summed E-state index contributed by atoms with van der Waals surface area (Å²) in [5.74, 6) is 1.87. The Bertz CT molecular complexity index is 249. The molecule has 0 amide bonds. The van der Waals surface area contributed by atoms with Crippen molar-refractivity contribution in [2.75, 3.05) is 6.54 Å². The van der Waals surface area contributed by atoms with Gasteiger partial charge in [-0.3, -0.25) is 0 Å². The van der Waals surface area contributed by atoms with Gasteiger partial charge in [0.15, 0.2) is 0 Å². The Morgan fingerprint density at radius 1 is 1.05 bits per heavy atom. The molecule has 0 bridgehead atoms. The second-order valence-corrected chi connectivity index (χ2v) is 8.21. The molecule has 126 valence electrons. The maximum atomic E-state index is 3.91. The van der Waals surface area contributed by atoms with Crippen molar-refractivity contribution in [1.82, 2.24) is 5.32 Å². The van der Waals surface area contributed by atoms with Crippen LogP contribution in [0, 0.1) is 17.3 Å². The van der Waals surface area contributed by atoms with Crippen LogP contribution in [0.3, 0.4) is 0 Å². The van der Waals surface area contributed by atoms with E-state index < -0.39 is 0 Å². The molecule has 1 heteroatoms. The van der Waals surface area contributed by atoms with Crippen molar-refractivity contribution in [3.05, 3.63) is 0 Å². The van der Waals surface area contributed by atoms with Crippen LogP contribution >= 0.6 is 0 Å². The monoisotopic (exact) mass is 295 g/mol. The first-order valence-corrected chi connectivity index (χ1v) is 9.75. The zero-order chi connectivity index (χ0) is 15.7. The number of unbranched alkanes of at least 4 members (excludes halogenated alkanes) is 1. The third-order valence-corrected chi connectivity index (χ3v) is 5.74. The van der Waals surface area contributed by atoms with Crippen LogP contribution in [0.15, 0.2) is 0 Å². The summed E-state index contributed by atoms with van der Waals surface area (Å²) in [6.45, 7) is 13.1. The number of nitrogens with one attached hydrogen (secondary N) is 1. The van der Waals surface area contributed by atoms with Crippen LogP contribution in [0.1, 0.15) is 98.8 Å². The first kappa shape index (κ1) is 19.0. The smallest absolute Gasteiger partial charge is 0.00979 e. The van der Waals surface area contributed by atoms with Gasteiger partial charge < -0.3 is 5.32 Å². The Balaban J connectivity index is 2.53. The van der Waals surface area contributed by atoms with Gasteiger partial charge in [0.05, 0.1) is 0 Å². The van der Waals surface area contributed by atoms with Crippen molar-refractivity contribution >= 4 is 0 Å². The molecule has 0 aromatic rings. The fourth-order valence-electron chi connectivity index (χ4n) is 3.94. The topological polar surface area (TPSA) is 12.0 Å². The SMILES string of the molecule is CCCCC(CC)CC(NCCC)C1CCC(C)(C)CC1. The van der Waals surface area contributed by atoms with Crippen LogP contribution in [0.25, 0.3) is 0 Å². The fraction of sp³-hybridized carbons (Fsp3) is 1.00. The molecule has 1 rings (SSSR count). The predicted octanol–water partition coefficient (Wildman–Crippen LogP) is 6.18. The average molecular weight is 296 g/mol. The highest BCUT2D eigenvalue weighted by atomic mass is 14.9. The van der Waals surface area contributed by atoms with Gasteiger partial charge in [0, 0.05) is 6.04 Å². The molecule has 2 unspecified atom stereocenters. The second-order valence-electron chi connectivity index (χ2n) is 8.21. The number of rotatable bonds is 10. The van der Waals surface area contributed by atoms with E-state index in [9.17, 15) is 0 Å². The minimum Gasteiger partial charge on any atom is -0.314 e. The van der Waals surface area contributed by atoms with E-state index in [1.807, 2.05) is 0 Å². The van der Waals surface area contributed by atoms with E-state index in [0.717, 1.165) is 17.9 Å². The van der Waals surface area contributed by atoms with Crippen LogP contribution in [0.4, 0.5) is 0 Å². The third kappa shape index (κ3) is 7.17. The Labute approximate surface area is 134 Å². The quantitative estimate of drug-likeness (QED) is 0.507. The molecule has 1 fully saturated rings. The highest BCUT2D eigenvalue weighted by Crippen LogP contribution is 2.40. The van der Waals surface area contributed by atoms with Crippen LogP contribution in [0.5, 0.6) is 0 Å². The van der Waals surface area contributed by atoms with Gasteiger partial charge in [0.2, 0.25) is 0 Å². The summed E-state index contributed by atoms with van der Waals surface area (Å²) in [6, 6.07) is 0.780. The lowest BCUT2D eigenvalue weighted by Gasteiger charge is -2.39. The highest BCUT2D eigenvalue weighted by molar-refractivity contribution is 4.86. The van der Waals surface area contributed by atoms with Crippen molar-refractivity contribution in [3.63, 3.8) is 0 Å². The van der Waals surface area contributed by atoms with Gasteiger partial charge in [0.1, 0.15) is 0 Å². The molecule has 2 atom stereocenters. The molecule has 0 aliphatic heterocycles. The minimum atomic E-state index is 0.595. The molecular formula is C20H41N. The molecule has 0 aromatic carbocycles. The summed E-state index contributed by atoms with van der Waals surface area (Å²) in [7, 11) is 0. The molecule has 1 N–H and O–H groups in total. The van der Waals surface area contributed by atoms with Crippen LogP contribution in [-0.2, 0) is 0 Å². The zero-order valence-corrected chi connectivity index (χ0v) is 15.5. The highest BCUT2D eigenvalue weighted by Gasteiger charge is 2.31. The maximum absolute atomic E-state index is 3.91. The molecule has 21 heavy (non-hydrogen) atoms. The van der Waals surface area contributed by atoms with E-state index in [2.05, 4.69) is 39.9 Å². The van der Waals surface area contributed by atoms with E-state index in [4.69, 9.17) is 0 Å². The molecule has 0 saturated heterocycles. The van der Waals surface area contributed by atoms with Crippen molar-refractivity contribution in [3.8, 4) is 0 Å². The molecular weight excluding hydrogens is 254 g/mol. The first-order chi connectivity index (χ1) is 10.0. The Hall–Kier alpha value is -0.0400. The van der Waals surface area contributed by atoms with E-state index in [-0.39, 0.29) is 0 Å². The number of hydrogen-bond donors (Lipinski definition) is 1. The molecule has 0 radical (unpaired) electrons. The van der Waals surface area contributed by atoms with E-state index in [1.54, 1.807) is 0 Å². The van der Waals surface area contributed by atoms with Gasteiger partial charge in [-0.1, -0.05) is 60.3 Å². The normalized spacial score (nSPS) is 22.1. The van der Waals surface area contributed by atoms with Crippen LogP contribution in [-0.4, -0.2) is 12.6 Å². The first-order valence-electron chi connectivity index (χ1n) is 9.75. The van der Waals surface area contributed by atoms with E-state index in [1.165, 1.54) is 70.8 Å². The molecule has 1 aliphatic rings. The van der Waals surface area contributed by atoms with Gasteiger partial charge in [-0.25, -0.2) is 0 Å². The minimum absolute atomic E-state index is 0.595. The summed E-state index contributed by atoms with van der Waals surface area (Å²) < 4.78 is 0. The summed E-state index contributed by atoms with van der Waals surface area (Å²) in [4.78, 5) is 0. The van der Waals surface area contributed by atoms with Gasteiger partial charge in [-0.15, -0.1) is 0 Å². The Kier molecular flexibility index (Phi) is 8.94. The van der Waals surface area contributed by atoms with Crippen molar-refractivity contribution in [2.24, 2.45) is 17.3 Å². The Morgan fingerprint density at radius 2 is 1.71 bits per heavy atom. The van der Waals surface area contributed by atoms with Crippen molar-refractivity contribution in [1.29, 1.82) is 0 Å². The molecule has 1 nitrogen and oxygen atoms in total. The largest absolute Gasteiger partial charge is 0.314 e. The third-order valence-electron chi connectivity index (χ3n) is 5.74. The molecule has 0 aromatic heterocycles. The summed E-state index contributed by atoms with van der Waals surface area (Å²) in [5.41, 5.74) is 0.595. The summed E-state index contributed by atoms with van der Waals surface area (Å²) >= 11 is 0. The number of hydrogen-bond acceptors (Lipinski definition) is 1. The fourth-order valence-corrected chi connectivity index (χ4v) is 3.94. The summed E-state index contributed by atoms with van der Waals surface area (Å²) in [5, 5.41) is 3.91. The Morgan fingerprint density at radius 3 is 2.24 bits per heavy atom. The average Bonchev–Trinajstić information content (AvgIpc) is 2.47. The molecule has 1 saturated carbocycles. The van der Waals surface area contributed by atoms with Crippen molar-refractivity contribution < 1.29 is 0 Å². The van der Waals surface area contributed by atoms with E-state index >= 15 is 0 Å². The predicted molar refractivity (Wildman–Crippen MR) is 95.7 cm³/mol. The van der Waals surface area contributed by atoms with Gasteiger partial charge in [-0.2, -0.15) is 0 Å². The van der Waals surface area contributed by atoms with Gasteiger partial charge in [-0.05, 0) is 62.3 Å². The van der Waals surface area contributed by atoms with Crippen LogP contribution in [0.2, 0.25) is 0 Å². The zero-order valence-electron chi connectivity index (χ0n) is 15.5. The van der Waals surface area contributed by atoms with Crippen molar-refractivity contribution in [2.45, 2.75) is 105 Å². The lowest BCUT2D eigenvalue weighted by atomic mass is 9.70. The lowest BCUT2D eigenvalue weighted by molar-refractivity contribution is 0.147. The van der Waals surface area contributed by atoms with Gasteiger partial charge >= 0.3 is 0 Å².